The topological polar surface area (TPSA) is 86.1 Å². The standard InChI is InChI=1S/C19H22N4O3S/c1-10(2)23-18-15(8-21-23)14(19(25)20-9-17(24)26-5)7-16(22-18)13-6-11(3)27-12(13)4/h6-8,10H,9H2,1-5H3,(H,20,25). The van der Waals surface area contributed by atoms with E-state index in [1.165, 1.54) is 12.0 Å². The predicted molar refractivity (Wildman–Crippen MR) is 105 cm³/mol. The van der Waals surface area contributed by atoms with Gasteiger partial charge in [-0.25, -0.2) is 9.67 Å². The highest BCUT2D eigenvalue weighted by molar-refractivity contribution is 7.12. The second-order valence-electron chi connectivity index (χ2n) is 6.56. The van der Waals surface area contributed by atoms with Crippen LogP contribution in [-0.4, -0.2) is 40.3 Å². The van der Waals surface area contributed by atoms with Crippen LogP contribution in [0.3, 0.4) is 0 Å². The van der Waals surface area contributed by atoms with Crippen LogP contribution in [0.25, 0.3) is 22.3 Å². The van der Waals surface area contributed by atoms with E-state index in [-0.39, 0.29) is 18.5 Å². The molecule has 27 heavy (non-hydrogen) atoms. The van der Waals surface area contributed by atoms with Gasteiger partial charge in [0.1, 0.15) is 6.54 Å². The number of pyridine rings is 1. The Hall–Kier alpha value is -2.74. The molecule has 0 bridgehead atoms. The first-order chi connectivity index (χ1) is 12.8. The van der Waals surface area contributed by atoms with Crippen molar-refractivity contribution in [2.75, 3.05) is 13.7 Å². The maximum atomic E-state index is 12.8. The van der Waals surface area contributed by atoms with Crippen LogP contribution in [0.15, 0.2) is 18.3 Å². The summed E-state index contributed by atoms with van der Waals surface area (Å²) in [6.07, 6.45) is 1.64. The van der Waals surface area contributed by atoms with Crippen LogP contribution in [0, 0.1) is 13.8 Å². The minimum Gasteiger partial charge on any atom is -0.468 e. The second kappa shape index (κ2) is 7.48. The molecule has 0 aliphatic rings. The average Bonchev–Trinajstić information content (AvgIpc) is 3.20. The van der Waals surface area contributed by atoms with Crippen molar-refractivity contribution in [3.63, 3.8) is 0 Å². The van der Waals surface area contributed by atoms with E-state index in [1.54, 1.807) is 28.3 Å². The van der Waals surface area contributed by atoms with Crippen LogP contribution in [0.5, 0.6) is 0 Å². The van der Waals surface area contributed by atoms with Crippen molar-refractivity contribution in [1.82, 2.24) is 20.1 Å². The van der Waals surface area contributed by atoms with Crippen LogP contribution < -0.4 is 5.32 Å². The molecule has 0 unspecified atom stereocenters. The Morgan fingerprint density at radius 2 is 2.04 bits per heavy atom. The van der Waals surface area contributed by atoms with Crippen LogP contribution in [0.2, 0.25) is 0 Å². The number of hydrogen-bond acceptors (Lipinski definition) is 6. The fourth-order valence-corrected chi connectivity index (χ4v) is 3.86. The molecule has 0 saturated heterocycles. The fourth-order valence-electron chi connectivity index (χ4n) is 2.93. The number of nitrogens with one attached hydrogen (secondary N) is 1. The van der Waals surface area contributed by atoms with Crippen molar-refractivity contribution in [2.45, 2.75) is 33.7 Å². The molecule has 1 amide bonds. The number of esters is 1. The third-order valence-electron chi connectivity index (χ3n) is 4.24. The summed E-state index contributed by atoms with van der Waals surface area (Å²) in [5, 5.41) is 7.65. The molecule has 1 N–H and O–H groups in total. The number of aromatic nitrogens is 3. The number of carbonyl (C=O) groups excluding carboxylic acids is 2. The van der Waals surface area contributed by atoms with Gasteiger partial charge in [0, 0.05) is 21.4 Å². The molecule has 3 heterocycles. The van der Waals surface area contributed by atoms with E-state index in [4.69, 9.17) is 4.98 Å². The maximum absolute atomic E-state index is 12.8. The Labute approximate surface area is 161 Å². The van der Waals surface area contributed by atoms with Crippen molar-refractivity contribution in [3.8, 4) is 11.3 Å². The monoisotopic (exact) mass is 386 g/mol. The van der Waals surface area contributed by atoms with Crippen molar-refractivity contribution >= 4 is 34.2 Å². The summed E-state index contributed by atoms with van der Waals surface area (Å²) >= 11 is 1.69. The molecular formula is C19H22N4O3S. The smallest absolute Gasteiger partial charge is 0.325 e. The highest BCUT2D eigenvalue weighted by Crippen LogP contribution is 2.32. The second-order valence-corrected chi connectivity index (χ2v) is 8.02. The summed E-state index contributed by atoms with van der Waals surface area (Å²) in [7, 11) is 1.28. The first kappa shape index (κ1) is 19.0. The Balaban J connectivity index is 2.15. The number of ether oxygens (including phenoxy) is 1. The zero-order valence-electron chi connectivity index (χ0n) is 16.0. The van der Waals surface area contributed by atoms with Gasteiger partial charge in [0.2, 0.25) is 0 Å². The quantitative estimate of drug-likeness (QED) is 0.680. The predicted octanol–water partition coefficient (Wildman–Crippen LogP) is 3.26. The first-order valence-electron chi connectivity index (χ1n) is 8.62. The molecule has 3 aromatic heterocycles. The van der Waals surface area contributed by atoms with Gasteiger partial charge < -0.3 is 10.1 Å². The highest BCUT2D eigenvalue weighted by Gasteiger charge is 2.20. The lowest BCUT2D eigenvalue weighted by Gasteiger charge is -2.11. The van der Waals surface area contributed by atoms with Crippen LogP contribution in [0.4, 0.5) is 0 Å². The number of nitrogens with zero attached hydrogens (tertiary/aromatic N) is 3. The molecule has 0 spiro atoms. The third-order valence-corrected chi connectivity index (χ3v) is 5.20. The lowest BCUT2D eigenvalue weighted by Crippen LogP contribution is -2.30. The van der Waals surface area contributed by atoms with Crippen molar-refractivity contribution in [1.29, 1.82) is 0 Å². The van der Waals surface area contributed by atoms with Gasteiger partial charge in [0.25, 0.3) is 5.91 Å². The fraction of sp³-hybridized carbons (Fsp3) is 0.368. The van der Waals surface area contributed by atoms with Gasteiger partial charge in [-0.3, -0.25) is 9.59 Å². The molecule has 3 aromatic rings. The van der Waals surface area contributed by atoms with E-state index in [1.807, 2.05) is 27.7 Å². The van der Waals surface area contributed by atoms with E-state index >= 15 is 0 Å². The normalized spacial score (nSPS) is 11.2. The molecule has 0 atom stereocenters. The summed E-state index contributed by atoms with van der Waals surface area (Å²) in [5.74, 6) is -0.863. The molecule has 7 nitrogen and oxygen atoms in total. The van der Waals surface area contributed by atoms with Gasteiger partial charge >= 0.3 is 5.97 Å². The Morgan fingerprint density at radius 1 is 1.30 bits per heavy atom. The highest BCUT2D eigenvalue weighted by atomic mass is 32.1. The summed E-state index contributed by atoms with van der Waals surface area (Å²) in [6.45, 7) is 7.91. The molecule has 0 aliphatic carbocycles. The largest absolute Gasteiger partial charge is 0.468 e. The van der Waals surface area contributed by atoms with Crippen molar-refractivity contribution in [3.05, 3.63) is 33.6 Å². The number of thiophene rings is 1. The van der Waals surface area contributed by atoms with E-state index in [2.05, 4.69) is 21.2 Å². The molecular weight excluding hydrogens is 364 g/mol. The zero-order chi connectivity index (χ0) is 19.7. The summed E-state index contributed by atoms with van der Waals surface area (Å²) in [6, 6.07) is 3.93. The van der Waals surface area contributed by atoms with Crippen LogP contribution >= 0.6 is 11.3 Å². The lowest BCUT2D eigenvalue weighted by atomic mass is 10.1. The van der Waals surface area contributed by atoms with E-state index < -0.39 is 5.97 Å². The molecule has 0 aliphatic heterocycles. The van der Waals surface area contributed by atoms with Crippen LogP contribution in [-0.2, 0) is 9.53 Å². The molecule has 8 heteroatoms. The SMILES string of the molecule is COC(=O)CNC(=O)c1cc(-c2cc(C)sc2C)nc2c1cnn2C(C)C. The molecule has 0 saturated carbocycles. The first-order valence-corrected chi connectivity index (χ1v) is 9.44. The van der Waals surface area contributed by atoms with Gasteiger partial charge in [-0.05, 0) is 39.8 Å². The summed E-state index contributed by atoms with van der Waals surface area (Å²) in [4.78, 5) is 31.2. The maximum Gasteiger partial charge on any atom is 0.325 e. The number of carbonyl (C=O) groups is 2. The third kappa shape index (κ3) is 3.71. The molecule has 3 rings (SSSR count). The number of hydrogen-bond donors (Lipinski definition) is 1. The zero-order valence-corrected chi connectivity index (χ0v) is 16.8. The van der Waals surface area contributed by atoms with E-state index in [0.29, 0.717) is 16.6 Å². The number of methoxy groups -OCH3 is 1. The van der Waals surface area contributed by atoms with Gasteiger partial charge in [-0.2, -0.15) is 5.10 Å². The number of aryl methyl sites for hydroxylation is 2. The average molecular weight is 386 g/mol. The van der Waals surface area contributed by atoms with Gasteiger partial charge in [0.05, 0.1) is 30.0 Å². The molecule has 0 radical (unpaired) electrons. The summed E-state index contributed by atoms with van der Waals surface area (Å²) < 4.78 is 6.39. The van der Waals surface area contributed by atoms with E-state index in [9.17, 15) is 9.59 Å². The van der Waals surface area contributed by atoms with E-state index in [0.717, 1.165) is 16.1 Å². The molecule has 0 fully saturated rings. The Morgan fingerprint density at radius 3 is 2.63 bits per heavy atom. The Bertz CT molecular complexity index is 1020. The number of amides is 1. The number of rotatable bonds is 5. The number of fused-ring (bicyclic) bond motifs is 1. The van der Waals surface area contributed by atoms with Gasteiger partial charge in [-0.15, -0.1) is 11.3 Å². The molecule has 0 aromatic carbocycles. The minimum atomic E-state index is -0.504. The Kier molecular flexibility index (Phi) is 5.27. The summed E-state index contributed by atoms with van der Waals surface area (Å²) in [5.41, 5.74) is 2.80. The van der Waals surface area contributed by atoms with Crippen molar-refractivity contribution < 1.29 is 14.3 Å². The van der Waals surface area contributed by atoms with Crippen LogP contribution in [0.1, 0.15) is 40.0 Å². The molecule has 142 valence electrons. The van der Waals surface area contributed by atoms with Crippen molar-refractivity contribution in [2.24, 2.45) is 0 Å². The van der Waals surface area contributed by atoms with Gasteiger partial charge in [-0.1, -0.05) is 0 Å². The van der Waals surface area contributed by atoms with Gasteiger partial charge in [0.15, 0.2) is 5.65 Å². The minimum absolute atomic E-state index is 0.0986. The lowest BCUT2D eigenvalue weighted by molar-refractivity contribution is -0.139.